The maximum Gasteiger partial charge on any atom is 0.253 e. The molecule has 2 aromatic carbocycles. The second-order valence-electron chi connectivity index (χ2n) is 6.46. The quantitative estimate of drug-likeness (QED) is 0.470. The lowest BCUT2D eigenvalue weighted by Gasteiger charge is -2.10. The maximum absolute atomic E-state index is 12.7. The van der Waals surface area contributed by atoms with Crippen molar-refractivity contribution in [2.45, 2.75) is 13.5 Å². The Hall–Kier alpha value is -4.27. The molecule has 0 saturated carbocycles. The van der Waals surface area contributed by atoms with Crippen LogP contribution in [0, 0.1) is 0 Å². The fourth-order valence-electron chi connectivity index (χ4n) is 2.92. The van der Waals surface area contributed by atoms with Crippen LogP contribution in [0.25, 0.3) is 5.69 Å². The van der Waals surface area contributed by atoms with E-state index in [0.717, 1.165) is 11.3 Å². The molecule has 0 atom stereocenters. The lowest BCUT2D eigenvalue weighted by Crippen LogP contribution is -2.24. The molecule has 0 spiro atoms. The minimum absolute atomic E-state index is 0.239. The molecular formula is C22H20N6O3. The van der Waals surface area contributed by atoms with Gasteiger partial charge in [0, 0.05) is 18.8 Å². The van der Waals surface area contributed by atoms with E-state index < -0.39 is 0 Å². The molecule has 0 aliphatic carbocycles. The van der Waals surface area contributed by atoms with Gasteiger partial charge in [-0.15, -0.1) is 5.10 Å². The van der Waals surface area contributed by atoms with E-state index in [-0.39, 0.29) is 5.91 Å². The minimum atomic E-state index is -0.239. The molecule has 31 heavy (non-hydrogen) atoms. The van der Waals surface area contributed by atoms with Crippen molar-refractivity contribution in [1.29, 1.82) is 0 Å². The van der Waals surface area contributed by atoms with E-state index in [9.17, 15) is 4.79 Å². The summed E-state index contributed by atoms with van der Waals surface area (Å²) < 4.78 is 12.7. The molecule has 0 aliphatic heterocycles. The molecule has 0 fully saturated rings. The Bertz CT molecular complexity index is 1150. The Morgan fingerprint density at radius 2 is 1.87 bits per heavy atom. The number of carbonyl (C=O) groups is 1. The van der Waals surface area contributed by atoms with Gasteiger partial charge in [-0.05, 0) is 65.4 Å². The number of tetrazole rings is 1. The zero-order valence-electron chi connectivity index (χ0n) is 16.8. The highest BCUT2D eigenvalue weighted by molar-refractivity contribution is 5.97. The van der Waals surface area contributed by atoms with Gasteiger partial charge < -0.3 is 14.8 Å². The molecule has 4 aromatic rings. The first-order valence-corrected chi connectivity index (χ1v) is 9.69. The van der Waals surface area contributed by atoms with Crippen molar-refractivity contribution in [3.8, 4) is 23.1 Å². The van der Waals surface area contributed by atoms with Crippen molar-refractivity contribution < 1.29 is 14.3 Å². The van der Waals surface area contributed by atoms with Crippen LogP contribution in [0.5, 0.6) is 17.4 Å². The van der Waals surface area contributed by atoms with Crippen molar-refractivity contribution in [2.75, 3.05) is 6.61 Å². The van der Waals surface area contributed by atoms with Gasteiger partial charge in [0.25, 0.3) is 5.91 Å². The number of benzene rings is 2. The second-order valence-corrected chi connectivity index (χ2v) is 6.46. The molecule has 9 heteroatoms. The Labute approximate surface area is 178 Å². The van der Waals surface area contributed by atoms with Crippen LogP contribution in [0.1, 0.15) is 22.8 Å². The number of amides is 1. The van der Waals surface area contributed by atoms with Crippen molar-refractivity contribution in [1.82, 2.24) is 30.5 Å². The zero-order chi connectivity index (χ0) is 21.5. The van der Waals surface area contributed by atoms with E-state index in [1.165, 1.54) is 11.0 Å². The molecule has 9 nitrogen and oxygen atoms in total. The van der Waals surface area contributed by atoms with E-state index >= 15 is 0 Å². The smallest absolute Gasteiger partial charge is 0.253 e. The normalized spacial score (nSPS) is 10.5. The number of ether oxygens (including phenoxy) is 2. The summed E-state index contributed by atoms with van der Waals surface area (Å²) in [5, 5.41) is 14.0. The average molecular weight is 416 g/mol. The van der Waals surface area contributed by atoms with Crippen LogP contribution >= 0.6 is 0 Å². The number of nitrogens with zero attached hydrogens (tertiary/aromatic N) is 5. The minimum Gasteiger partial charge on any atom is -0.494 e. The van der Waals surface area contributed by atoms with Crippen LogP contribution in [0.4, 0.5) is 0 Å². The van der Waals surface area contributed by atoms with Crippen LogP contribution in [0.2, 0.25) is 0 Å². The maximum atomic E-state index is 12.7. The third-order valence-corrected chi connectivity index (χ3v) is 4.35. The van der Waals surface area contributed by atoms with Gasteiger partial charge in [0.05, 0.1) is 17.9 Å². The molecule has 1 N–H and O–H groups in total. The van der Waals surface area contributed by atoms with E-state index in [4.69, 9.17) is 9.47 Å². The molecule has 2 aromatic heterocycles. The standard InChI is InChI=1S/C22H20N6O3/c1-2-30-17-7-9-18(10-8-17)31-21-13-16(11-12-23-21)14-24-22(29)19-5-3-4-6-20(19)28-15-25-26-27-28/h3-13,15H,2,14H2,1H3,(H,24,29). The Morgan fingerprint density at radius 3 is 2.65 bits per heavy atom. The van der Waals surface area contributed by atoms with Gasteiger partial charge in [0.15, 0.2) is 0 Å². The second kappa shape index (κ2) is 9.49. The van der Waals surface area contributed by atoms with Gasteiger partial charge in [-0.2, -0.15) is 4.68 Å². The number of hydrogen-bond acceptors (Lipinski definition) is 7. The molecule has 156 valence electrons. The van der Waals surface area contributed by atoms with Gasteiger partial charge in [-0.25, -0.2) is 4.98 Å². The summed E-state index contributed by atoms with van der Waals surface area (Å²) in [5.41, 5.74) is 1.91. The van der Waals surface area contributed by atoms with Gasteiger partial charge in [-0.1, -0.05) is 12.1 Å². The van der Waals surface area contributed by atoms with Gasteiger partial charge in [-0.3, -0.25) is 4.79 Å². The van der Waals surface area contributed by atoms with Gasteiger partial charge in [0.2, 0.25) is 5.88 Å². The molecule has 0 saturated heterocycles. The largest absolute Gasteiger partial charge is 0.494 e. The number of rotatable bonds is 8. The van der Waals surface area contributed by atoms with E-state index in [1.807, 2.05) is 43.3 Å². The Balaban J connectivity index is 1.41. The fourth-order valence-corrected chi connectivity index (χ4v) is 2.92. The van der Waals surface area contributed by atoms with E-state index in [0.29, 0.717) is 36.0 Å². The molecule has 0 radical (unpaired) electrons. The number of para-hydroxylation sites is 1. The lowest BCUT2D eigenvalue weighted by molar-refractivity contribution is 0.0950. The molecule has 0 aliphatic rings. The van der Waals surface area contributed by atoms with E-state index in [2.05, 4.69) is 25.8 Å². The third-order valence-electron chi connectivity index (χ3n) is 4.35. The summed E-state index contributed by atoms with van der Waals surface area (Å²) >= 11 is 0. The lowest BCUT2D eigenvalue weighted by atomic mass is 10.1. The molecule has 0 bridgehead atoms. The average Bonchev–Trinajstić information content (AvgIpc) is 3.34. The summed E-state index contributed by atoms with van der Waals surface area (Å²) in [6, 6.07) is 18.0. The van der Waals surface area contributed by atoms with Gasteiger partial charge in [0.1, 0.15) is 17.8 Å². The number of carbonyl (C=O) groups excluding carboxylic acids is 1. The highest BCUT2D eigenvalue weighted by Crippen LogP contribution is 2.23. The fraction of sp³-hybridized carbons (Fsp3) is 0.136. The first kappa shape index (κ1) is 20.0. The monoisotopic (exact) mass is 416 g/mol. The SMILES string of the molecule is CCOc1ccc(Oc2cc(CNC(=O)c3ccccc3-n3cnnn3)ccn2)cc1. The number of hydrogen-bond donors (Lipinski definition) is 1. The first-order chi connectivity index (χ1) is 15.2. The summed E-state index contributed by atoms with van der Waals surface area (Å²) in [7, 11) is 0. The van der Waals surface area contributed by atoms with Gasteiger partial charge >= 0.3 is 0 Å². The Kier molecular flexibility index (Phi) is 6.13. The van der Waals surface area contributed by atoms with Crippen LogP contribution in [-0.4, -0.2) is 37.7 Å². The topological polar surface area (TPSA) is 104 Å². The van der Waals surface area contributed by atoms with Crippen molar-refractivity contribution in [3.63, 3.8) is 0 Å². The third kappa shape index (κ3) is 5.02. The molecule has 4 rings (SSSR count). The molecular weight excluding hydrogens is 396 g/mol. The number of aromatic nitrogens is 5. The summed E-state index contributed by atoms with van der Waals surface area (Å²) in [5.74, 6) is 1.62. The summed E-state index contributed by atoms with van der Waals surface area (Å²) in [4.78, 5) is 17.0. The number of pyridine rings is 1. The predicted octanol–water partition coefficient (Wildman–Crippen LogP) is 3.18. The van der Waals surface area contributed by atoms with E-state index in [1.54, 1.807) is 30.5 Å². The highest BCUT2D eigenvalue weighted by atomic mass is 16.5. The van der Waals surface area contributed by atoms with Crippen molar-refractivity contribution in [3.05, 3.63) is 84.3 Å². The first-order valence-electron chi connectivity index (χ1n) is 9.69. The van der Waals surface area contributed by atoms with Crippen LogP contribution in [0.15, 0.2) is 73.2 Å². The zero-order valence-corrected chi connectivity index (χ0v) is 16.8. The summed E-state index contributed by atoms with van der Waals surface area (Å²) in [6.45, 7) is 2.85. The Morgan fingerprint density at radius 1 is 1.06 bits per heavy atom. The highest BCUT2D eigenvalue weighted by Gasteiger charge is 2.13. The predicted molar refractivity (Wildman–Crippen MR) is 112 cm³/mol. The van der Waals surface area contributed by atoms with Crippen molar-refractivity contribution in [2.24, 2.45) is 0 Å². The molecule has 2 heterocycles. The van der Waals surface area contributed by atoms with Crippen LogP contribution < -0.4 is 14.8 Å². The van der Waals surface area contributed by atoms with Crippen LogP contribution in [0.3, 0.4) is 0 Å². The summed E-state index contributed by atoms with van der Waals surface area (Å²) in [6.07, 6.45) is 3.08. The van der Waals surface area contributed by atoms with Crippen LogP contribution in [-0.2, 0) is 6.54 Å². The number of nitrogens with one attached hydrogen (secondary N) is 1. The molecule has 1 amide bonds. The molecule has 0 unspecified atom stereocenters. The van der Waals surface area contributed by atoms with Crippen molar-refractivity contribution >= 4 is 5.91 Å².